The summed E-state index contributed by atoms with van der Waals surface area (Å²) in [5.74, 6) is 0.774. The number of nitrogens with zero attached hydrogens (tertiary/aromatic N) is 2. The molecule has 0 saturated heterocycles. The fourth-order valence-electron chi connectivity index (χ4n) is 1.37. The van der Waals surface area contributed by atoms with Crippen LogP contribution >= 0.6 is 15.9 Å². The Morgan fingerprint density at radius 3 is 2.55 bits per heavy atom. The van der Waals surface area contributed by atoms with Gasteiger partial charge in [-0.3, -0.25) is 0 Å². The highest BCUT2D eigenvalue weighted by molar-refractivity contribution is 9.10. The highest BCUT2D eigenvalue weighted by Gasteiger charge is 2.38. The number of halogens is 1. The third-order valence-corrected chi connectivity index (χ3v) is 2.69. The van der Waals surface area contributed by atoms with Crippen LogP contribution < -0.4 is 0 Å². The second kappa shape index (κ2) is 2.30. The Morgan fingerprint density at radius 2 is 2.18 bits per heavy atom. The third kappa shape index (κ3) is 1.09. The average molecular weight is 217 g/mol. The first-order chi connectivity index (χ1) is 5.21. The van der Waals surface area contributed by atoms with Gasteiger partial charge in [-0.2, -0.15) is 0 Å². The summed E-state index contributed by atoms with van der Waals surface area (Å²) in [5.41, 5.74) is 0.166. The molecular formula is C7H9BrN2O. The van der Waals surface area contributed by atoms with E-state index in [9.17, 15) is 0 Å². The maximum Gasteiger partial charge on any atom is 0.284 e. The molecule has 3 nitrogen and oxygen atoms in total. The van der Waals surface area contributed by atoms with Crippen molar-refractivity contribution in [2.45, 2.75) is 31.6 Å². The molecule has 0 radical (unpaired) electrons. The summed E-state index contributed by atoms with van der Waals surface area (Å²) in [6, 6.07) is 0. The summed E-state index contributed by atoms with van der Waals surface area (Å²) in [6.45, 7) is 2.16. The quantitative estimate of drug-likeness (QED) is 0.724. The molecule has 60 valence electrons. The van der Waals surface area contributed by atoms with E-state index in [0.717, 1.165) is 5.89 Å². The van der Waals surface area contributed by atoms with Crippen LogP contribution in [0.25, 0.3) is 0 Å². The minimum atomic E-state index is 0.166. The molecule has 1 aromatic rings. The summed E-state index contributed by atoms with van der Waals surface area (Å²) < 4.78 is 5.28. The van der Waals surface area contributed by atoms with Crippen molar-refractivity contribution in [2.24, 2.45) is 0 Å². The van der Waals surface area contributed by atoms with Crippen LogP contribution in [-0.4, -0.2) is 10.2 Å². The van der Waals surface area contributed by atoms with E-state index >= 15 is 0 Å². The Hall–Kier alpha value is -0.380. The first-order valence-corrected chi connectivity index (χ1v) is 4.49. The molecule has 2 rings (SSSR count). The first-order valence-electron chi connectivity index (χ1n) is 3.70. The lowest BCUT2D eigenvalue weighted by atomic mass is 9.70. The van der Waals surface area contributed by atoms with E-state index in [1.54, 1.807) is 0 Å². The largest absolute Gasteiger partial charge is 0.415 e. The van der Waals surface area contributed by atoms with Gasteiger partial charge in [-0.05, 0) is 12.8 Å². The second-order valence-corrected chi connectivity index (χ2v) is 3.95. The van der Waals surface area contributed by atoms with Gasteiger partial charge in [0, 0.05) is 21.3 Å². The van der Waals surface area contributed by atoms with E-state index < -0.39 is 0 Å². The van der Waals surface area contributed by atoms with Gasteiger partial charge in [0.05, 0.1) is 0 Å². The highest BCUT2D eigenvalue weighted by Crippen LogP contribution is 2.42. The van der Waals surface area contributed by atoms with Crippen molar-refractivity contribution in [3.05, 3.63) is 10.7 Å². The monoisotopic (exact) mass is 216 g/mol. The molecule has 1 aromatic heterocycles. The predicted molar refractivity (Wildman–Crippen MR) is 43.2 cm³/mol. The molecule has 0 unspecified atom stereocenters. The van der Waals surface area contributed by atoms with Crippen LogP contribution in [0, 0.1) is 0 Å². The van der Waals surface area contributed by atoms with Crippen LogP contribution in [0.15, 0.2) is 9.22 Å². The second-order valence-electron chi connectivity index (χ2n) is 3.27. The molecule has 0 amide bonds. The van der Waals surface area contributed by atoms with E-state index in [0.29, 0.717) is 4.80 Å². The van der Waals surface area contributed by atoms with Gasteiger partial charge in [-0.1, -0.05) is 13.3 Å². The van der Waals surface area contributed by atoms with Crippen LogP contribution in [0.4, 0.5) is 0 Å². The maximum absolute atomic E-state index is 5.28. The molecule has 0 spiro atoms. The Labute approximate surface area is 73.3 Å². The minimum Gasteiger partial charge on any atom is -0.415 e. The van der Waals surface area contributed by atoms with Gasteiger partial charge in [0.1, 0.15) is 0 Å². The average Bonchev–Trinajstić information content (AvgIpc) is 2.31. The summed E-state index contributed by atoms with van der Waals surface area (Å²) >= 11 is 3.14. The fourth-order valence-corrected chi connectivity index (χ4v) is 1.60. The van der Waals surface area contributed by atoms with Crippen LogP contribution in [0.2, 0.25) is 0 Å². The molecular weight excluding hydrogens is 208 g/mol. The topological polar surface area (TPSA) is 38.9 Å². The van der Waals surface area contributed by atoms with E-state index in [2.05, 4.69) is 33.1 Å². The Morgan fingerprint density at radius 1 is 1.45 bits per heavy atom. The third-order valence-electron chi connectivity index (χ3n) is 2.37. The predicted octanol–water partition coefficient (Wildman–Crippen LogP) is 2.27. The lowest BCUT2D eigenvalue weighted by Gasteiger charge is -2.34. The summed E-state index contributed by atoms with van der Waals surface area (Å²) in [6.07, 6.45) is 3.61. The van der Waals surface area contributed by atoms with Crippen molar-refractivity contribution in [2.75, 3.05) is 0 Å². The molecule has 1 aliphatic carbocycles. The van der Waals surface area contributed by atoms with Crippen molar-refractivity contribution >= 4 is 15.9 Å². The normalized spacial score (nSPS) is 21.3. The Balaban J connectivity index is 2.28. The van der Waals surface area contributed by atoms with Gasteiger partial charge in [-0.25, -0.2) is 0 Å². The van der Waals surface area contributed by atoms with Crippen molar-refractivity contribution in [3.8, 4) is 0 Å². The SMILES string of the molecule is CC1(c2nnc(Br)o2)CCC1. The zero-order valence-corrected chi connectivity index (χ0v) is 7.89. The molecule has 0 N–H and O–H groups in total. The van der Waals surface area contributed by atoms with Gasteiger partial charge in [0.25, 0.3) is 4.80 Å². The molecule has 11 heavy (non-hydrogen) atoms. The van der Waals surface area contributed by atoms with Crippen LogP contribution in [0.3, 0.4) is 0 Å². The van der Waals surface area contributed by atoms with E-state index in [1.807, 2.05) is 0 Å². The molecule has 1 fully saturated rings. The lowest BCUT2D eigenvalue weighted by molar-refractivity contribution is 0.211. The number of hydrogen-bond acceptors (Lipinski definition) is 3. The van der Waals surface area contributed by atoms with Gasteiger partial charge in [0.15, 0.2) is 0 Å². The van der Waals surface area contributed by atoms with Gasteiger partial charge in [0.2, 0.25) is 5.89 Å². The van der Waals surface area contributed by atoms with Crippen molar-refractivity contribution in [1.29, 1.82) is 0 Å². The van der Waals surface area contributed by atoms with Crippen molar-refractivity contribution in [3.63, 3.8) is 0 Å². The standard InChI is InChI=1S/C7H9BrN2O/c1-7(3-2-4-7)5-9-10-6(8)11-5/h2-4H2,1H3. The zero-order valence-electron chi connectivity index (χ0n) is 6.30. The molecule has 1 heterocycles. The molecule has 1 saturated carbocycles. The molecule has 4 heteroatoms. The fraction of sp³-hybridized carbons (Fsp3) is 0.714. The Kier molecular flexibility index (Phi) is 1.52. The van der Waals surface area contributed by atoms with E-state index in [-0.39, 0.29) is 5.41 Å². The van der Waals surface area contributed by atoms with E-state index in [1.165, 1.54) is 19.3 Å². The molecule has 0 bridgehead atoms. The first kappa shape index (κ1) is 7.28. The van der Waals surface area contributed by atoms with E-state index in [4.69, 9.17) is 4.42 Å². The van der Waals surface area contributed by atoms with Crippen molar-refractivity contribution < 1.29 is 4.42 Å². The highest BCUT2D eigenvalue weighted by atomic mass is 79.9. The maximum atomic E-state index is 5.28. The molecule has 0 atom stereocenters. The van der Waals surface area contributed by atoms with Crippen molar-refractivity contribution in [1.82, 2.24) is 10.2 Å². The number of rotatable bonds is 1. The molecule has 1 aliphatic rings. The Bertz CT molecular complexity index is 267. The molecule has 0 aromatic carbocycles. The molecule has 0 aliphatic heterocycles. The zero-order chi connectivity index (χ0) is 7.90. The van der Waals surface area contributed by atoms with Gasteiger partial charge < -0.3 is 4.42 Å². The van der Waals surface area contributed by atoms with Gasteiger partial charge >= 0.3 is 0 Å². The van der Waals surface area contributed by atoms with Crippen LogP contribution in [-0.2, 0) is 5.41 Å². The van der Waals surface area contributed by atoms with Crippen LogP contribution in [0.1, 0.15) is 32.1 Å². The summed E-state index contributed by atoms with van der Waals surface area (Å²) in [5, 5.41) is 7.71. The smallest absolute Gasteiger partial charge is 0.284 e. The number of hydrogen-bond donors (Lipinski definition) is 0. The van der Waals surface area contributed by atoms with Crippen LogP contribution in [0.5, 0.6) is 0 Å². The summed E-state index contributed by atoms with van der Waals surface area (Å²) in [4.78, 5) is 0.487. The summed E-state index contributed by atoms with van der Waals surface area (Å²) in [7, 11) is 0. The lowest BCUT2D eigenvalue weighted by Crippen LogP contribution is -2.30. The number of aromatic nitrogens is 2. The van der Waals surface area contributed by atoms with Gasteiger partial charge in [-0.15, -0.1) is 10.2 Å². The minimum absolute atomic E-state index is 0.166.